The minimum Gasteiger partial charge on any atom is -0.495 e. The van der Waals surface area contributed by atoms with Gasteiger partial charge in [-0.05, 0) is 79.1 Å². The lowest BCUT2D eigenvalue weighted by atomic mass is 9.91. The van der Waals surface area contributed by atoms with Gasteiger partial charge in [0.1, 0.15) is 17.4 Å². The molecule has 0 bridgehead atoms. The fraction of sp³-hybridized carbons (Fsp3) is 0.422. The zero-order valence-corrected chi connectivity index (χ0v) is 34.9. The SMILES string of the molecule is COc1cn2ccnc2cc1-c1cc2c(cc1C(F)F)N(c1nn(C3CCN(Cc4ccc5c(c4)n(C)c(=O)n5C4CCC(=O)NC4=O)CC3)c3c1CN(C(C)=O)CC3)CCC2.[HH]. The minimum atomic E-state index is -2.75. The molecule has 1 unspecified atom stereocenters. The Kier molecular flexibility index (Phi) is 9.95. The second-order valence-electron chi connectivity index (χ2n) is 17.0. The van der Waals surface area contributed by atoms with E-state index in [1.165, 1.54) is 11.7 Å². The third-order valence-electron chi connectivity index (χ3n) is 13.4. The number of methoxy groups -OCH3 is 1. The smallest absolute Gasteiger partial charge is 0.329 e. The first-order valence-corrected chi connectivity index (χ1v) is 21.3. The van der Waals surface area contributed by atoms with Crippen LogP contribution in [0.4, 0.5) is 20.3 Å². The van der Waals surface area contributed by atoms with Crippen LogP contribution in [0, 0.1) is 0 Å². The highest BCUT2D eigenvalue weighted by atomic mass is 19.3. The number of nitrogens with zero attached hydrogens (tertiary/aromatic N) is 9. The van der Waals surface area contributed by atoms with E-state index in [-0.39, 0.29) is 43.4 Å². The molecule has 10 rings (SSSR count). The maximum absolute atomic E-state index is 15.1. The zero-order chi connectivity index (χ0) is 43.0. The molecule has 3 amide bonds. The number of piperidine rings is 2. The van der Waals surface area contributed by atoms with Crippen molar-refractivity contribution in [3.63, 3.8) is 0 Å². The molecule has 1 atom stereocenters. The van der Waals surface area contributed by atoms with E-state index in [1.807, 2.05) is 29.2 Å². The van der Waals surface area contributed by atoms with E-state index in [4.69, 9.17) is 9.84 Å². The molecule has 1 N–H and O–H groups in total. The molecular weight excluding hydrogens is 799 g/mol. The molecule has 8 heterocycles. The number of rotatable bonds is 8. The Labute approximate surface area is 356 Å². The average molecular weight is 849 g/mol. The van der Waals surface area contributed by atoms with E-state index in [9.17, 15) is 19.2 Å². The lowest BCUT2D eigenvalue weighted by Gasteiger charge is -2.34. The van der Waals surface area contributed by atoms with E-state index < -0.39 is 18.4 Å². The van der Waals surface area contributed by atoms with Crippen LogP contribution in [-0.2, 0) is 47.4 Å². The number of carbonyl (C=O) groups is 3. The molecule has 2 fully saturated rings. The van der Waals surface area contributed by atoms with E-state index in [2.05, 4.69) is 24.8 Å². The number of alkyl halides is 2. The number of likely N-dealkylation sites (tertiary alicyclic amines) is 1. The van der Waals surface area contributed by atoms with Crippen LogP contribution in [0.15, 0.2) is 59.8 Å². The molecule has 17 heteroatoms. The van der Waals surface area contributed by atoms with Crippen molar-refractivity contribution in [2.45, 2.75) is 83.5 Å². The number of hydrogen-bond donors (Lipinski definition) is 1. The Morgan fingerprint density at radius 3 is 2.56 bits per heavy atom. The van der Waals surface area contributed by atoms with Crippen molar-refractivity contribution in [3.05, 3.63) is 93.4 Å². The molecule has 4 aromatic heterocycles. The first kappa shape index (κ1) is 39.8. The van der Waals surface area contributed by atoms with Crippen LogP contribution >= 0.6 is 0 Å². The van der Waals surface area contributed by atoms with Crippen LogP contribution in [0.25, 0.3) is 27.8 Å². The molecule has 0 spiro atoms. The summed E-state index contributed by atoms with van der Waals surface area (Å²) in [6.45, 7) is 5.47. The number of carbonyl (C=O) groups excluding carboxylic acids is 3. The summed E-state index contributed by atoms with van der Waals surface area (Å²) >= 11 is 0. The van der Waals surface area contributed by atoms with Crippen molar-refractivity contribution in [1.29, 1.82) is 0 Å². The summed E-state index contributed by atoms with van der Waals surface area (Å²) in [4.78, 5) is 61.3. The molecular formula is C45H50F2N10O5. The van der Waals surface area contributed by atoms with Gasteiger partial charge < -0.3 is 18.9 Å². The summed E-state index contributed by atoms with van der Waals surface area (Å²) in [7, 11) is 3.24. The molecule has 4 aliphatic rings. The van der Waals surface area contributed by atoms with Gasteiger partial charge in [-0.15, -0.1) is 0 Å². The van der Waals surface area contributed by atoms with Gasteiger partial charge in [0.2, 0.25) is 17.7 Å². The third kappa shape index (κ3) is 6.73. The number of imide groups is 1. The van der Waals surface area contributed by atoms with Crippen molar-refractivity contribution >= 4 is 45.9 Å². The standard InChI is InChI=1S/C45H48F2N10O5.H2/c1-26(58)53-17-12-34-33(24-53)43(55-14-4-5-28-20-30(32(42(46)47)21-37(28)55)31-22-40-48-13-18-54(40)25-39(31)62-3)50-57(34)29-10-15-52(16-11-29)23-27-6-7-35-38(19-27)51(2)45(61)56(35)36-8-9-41(59)49-44(36)60;/h6-7,13,18-22,25,29,36,42H,4-5,8-12,14-17,23-24H2,1-3H3,(H,49,59,60);1H. The minimum absolute atomic E-state index is 0. The van der Waals surface area contributed by atoms with E-state index in [0.29, 0.717) is 72.7 Å². The number of nitrogens with one attached hydrogen (secondary N) is 1. The van der Waals surface area contributed by atoms with Crippen molar-refractivity contribution in [2.24, 2.45) is 7.05 Å². The Balaban J connectivity index is 0.00000504. The highest BCUT2D eigenvalue weighted by Gasteiger charge is 2.36. The summed E-state index contributed by atoms with van der Waals surface area (Å²) in [6.07, 6.45) is 6.78. The number of hydrogen-bond acceptors (Lipinski definition) is 9. The number of halogens is 2. The summed E-state index contributed by atoms with van der Waals surface area (Å²) in [5, 5.41) is 7.71. The second-order valence-corrected chi connectivity index (χ2v) is 17.0. The zero-order valence-electron chi connectivity index (χ0n) is 34.9. The molecule has 6 aromatic rings. The van der Waals surface area contributed by atoms with Gasteiger partial charge in [0.05, 0.1) is 36.9 Å². The predicted octanol–water partition coefficient (Wildman–Crippen LogP) is 5.85. The number of aromatic nitrogens is 6. The molecule has 2 saturated heterocycles. The lowest BCUT2D eigenvalue weighted by Crippen LogP contribution is -2.44. The van der Waals surface area contributed by atoms with Crippen LogP contribution in [0.1, 0.15) is 86.9 Å². The van der Waals surface area contributed by atoms with Gasteiger partial charge in [0.15, 0.2) is 5.82 Å². The molecule has 62 heavy (non-hydrogen) atoms. The molecule has 0 aliphatic carbocycles. The number of ether oxygens (including phenoxy) is 1. The molecule has 0 saturated carbocycles. The van der Waals surface area contributed by atoms with Crippen molar-refractivity contribution in [1.82, 2.24) is 43.4 Å². The van der Waals surface area contributed by atoms with Gasteiger partial charge in [0, 0.05) is 101 Å². The van der Waals surface area contributed by atoms with Gasteiger partial charge in [-0.3, -0.25) is 38.4 Å². The molecule has 2 aromatic carbocycles. The van der Waals surface area contributed by atoms with E-state index >= 15 is 8.78 Å². The maximum atomic E-state index is 15.1. The summed E-state index contributed by atoms with van der Waals surface area (Å²) < 4.78 is 43.0. The normalized spacial score (nSPS) is 18.8. The fourth-order valence-electron chi connectivity index (χ4n) is 10.1. The van der Waals surface area contributed by atoms with E-state index in [1.54, 1.807) is 53.7 Å². The number of amides is 3. The summed E-state index contributed by atoms with van der Waals surface area (Å²) in [5.74, 6) is 0.404. The largest absolute Gasteiger partial charge is 0.495 e. The van der Waals surface area contributed by atoms with Gasteiger partial charge in [-0.1, -0.05) is 6.07 Å². The van der Waals surface area contributed by atoms with Crippen molar-refractivity contribution in [2.75, 3.05) is 38.2 Å². The van der Waals surface area contributed by atoms with Crippen LogP contribution < -0.4 is 20.6 Å². The Hall–Kier alpha value is -6.36. The first-order valence-electron chi connectivity index (χ1n) is 21.3. The topological polar surface area (TPSA) is 144 Å². The highest BCUT2D eigenvalue weighted by Crippen LogP contribution is 2.45. The van der Waals surface area contributed by atoms with Gasteiger partial charge in [0.25, 0.3) is 6.43 Å². The molecule has 324 valence electrons. The van der Waals surface area contributed by atoms with Crippen LogP contribution in [0.3, 0.4) is 0 Å². The van der Waals surface area contributed by atoms with Gasteiger partial charge >= 0.3 is 5.69 Å². The second kappa shape index (κ2) is 15.5. The van der Waals surface area contributed by atoms with Crippen LogP contribution in [-0.4, -0.2) is 89.1 Å². The number of pyridine rings is 1. The number of fused-ring (bicyclic) bond motifs is 4. The van der Waals surface area contributed by atoms with Crippen LogP contribution in [0.5, 0.6) is 5.75 Å². The first-order chi connectivity index (χ1) is 30.0. The van der Waals surface area contributed by atoms with Crippen molar-refractivity contribution in [3.8, 4) is 16.9 Å². The lowest BCUT2D eigenvalue weighted by molar-refractivity contribution is -0.135. The maximum Gasteiger partial charge on any atom is 0.329 e. The predicted molar refractivity (Wildman–Crippen MR) is 229 cm³/mol. The van der Waals surface area contributed by atoms with Crippen molar-refractivity contribution < 1.29 is 29.3 Å². The number of anilines is 2. The Morgan fingerprint density at radius 2 is 1.81 bits per heavy atom. The van der Waals surface area contributed by atoms with Crippen LogP contribution in [0.2, 0.25) is 0 Å². The highest BCUT2D eigenvalue weighted by molar-refractivity contribution is 6.00. The summed E-state index contributed by atoms with van der Waals surface area (Å²) in [5.41, 5.74) is 7.38. The molecule has 15 nitrogen and oxygen atoms in total. The van der Waals surface area contributed by atoms with E-state index in [0.717, 1.165) is 66.1 Å². The Morgan fingerprint density at radius 1 is 0.984 bits per heavy atom. The third-order valence-corrected chi connectivity index (χ3v) is 13.4. The molecule has 4 aliphatic heterocycles. The number of imidazole rings is 2. The molecule has 0 radical (unpaired) electrons. The summed E-state index contributed by atoms with van der Waals surface area (Å²) in [6, 6.07) is 10.6. The number of benzene rings is 2. The fourth-order valence-corrected chi connectivity index (χ4v) is 10.1. The quantitative estimate of drug-likeness (QED) is 0.187. The Bertz CT molecular complexity index is 2860. The number of aryl methyl sites for hydroxylation is 2. The monoisotopic (exact) mass is 848 g/mol. The van der Waals surface area contributed by atoms with Gasteiger partial charge in [-0.2, -0.15) is 5.10 Å². The van der Waals surface area contributed by atoms with Gasteiger partial charge in [-0.25, -0.2) is 18.6 Å². The average Bonchev–Trinajstić information content (AvgIpc) is 3.96.